The molecule has 1 atom stereocenters. The molecule has 0 radical (unpaired) electrons. The number of fused-ring (bicyclic) bond motifs is 1. The van der Waals surface area contributed by atoms with Crippen molar-refractivity contribution >= 4 is 12.2 Å². The number of amides is 2. The van der Waals surface area contributed by atoms with Gasteiger partial charge in [-0.05, 0) is 48.4 Å². The maximum absolute atomic E-state index is 10.8. The van der Waals surface area contributed by atoms with Crippen LogP contribution in [0.2, 0.25) is 0 Å². The Balaban J connectivity index is 2.05. The maximum atomic E-state index is 10.8. The molecule has 0 spiro atoms. The van der Waals surface area contributed by atoms with Crippen molar-refractivity contribution in [3.63, 3.8) is 0 Å². The number of nitrogens with two attached hydrogens (primary N) is 1. The summed E-state index contributed by atoms with van der Waals surface area (Å²) in [7, 11) is 0. The minimum Gasteiger partial charge on any atom is -0.350 e. The molecule has 22 heavy (non-hydrogen) atoms. The summed E-state index contributed by atoms with van der Waals surface area (Å²) in [5.74, 6) is 0.662. The van der Waals surface area contributed by atoms with Crippen LogP contribution < -0.4 is 11.2 Å². The molecule has 0 fully saturated rings. The van der Waals surface area contributed by atoms with Crippen molar-refractivity contribution in [1.29, 1.82) is 0 Å². The third-order valence-electron chi connectivity index (χ3n) is 4.10. The van der Waals surface area contributed by atoms with E-state index < -0.39 is 6.03 Å². The molecule has 0 bridgehead atoms. The average molecular weight is 296 g/mol. The normalized spacial score (nSPS) is 17.4. The fourth-order valence-corrected chi connectivity index (χ4v) is 3.02. The van der Waals surface area contributed by atoms with Gasteiger partial charge in [-0.15, -0.1) is 0 Å². The minimum absolute atomic E-state index is 0.656. The van der Waals surface area contributed by atoms with Crippen LogP contribution in [0.25, 0.3) is 5.69 Å². The van der Waals surface area contributed by atoms with E-state index in [2.05, 4.69) is 40.3 Å². The molecule has 3 rings (SSSR count). The van der Waals surface area contributed by atoms with Gasteiger partial charge < -0.3 is 10.3 Å². The lowest BCUT2D eigenvalue weighted by Crippen LogP contribution is -2.24. The van der Waals surface area contributed by atoms with Gasteiger partial charge in [0.05, 0.1) is 11.9 Å². The third-order valence-corrected chi connectivity index (χ3v) is 4.10. The number of urea groups is 1. The van der Waals surface area contributed by atoms with Crippen LogP contribution in [0.1, 0.15) is 30.2 Å². The summed E-state index contributed by atoms with van der Waals surface area (Å²) in [6, 6.07) is 9.49. The van der Waals surface area contributed by atoms with Crippen LogP contribution in [-0.4, -0.2) is 16.8 Å². The molecule has 114 valence electrons. The highest BCUT2D eigenvalue weighted by atomic mass is 16.2. The van der Waals surface area contributed by atoms with E-state index in [-0.39, 0.29) is 0 Å². The van der Waals surface area contributed by atoms with Gasteiger partial charge in [0.1, 0.15) is 0 Å². The van der Waals surface area contributed by atoms with Gasteiger partial charge in [-0.3, -0.25) is 0 Å². The van der Waals surface area contributed by atoms with Crippen molar-refractivity contribution < 1.29 is 4.79 Å². The second kappa shape index (κ2) is 6.05. The zero-order valence-electron chi connectivity index (χ0n) is 12.6. The van der Waals surface area contributed by atoms with E-state index in [9.17, 15) is 4.79 Å². The van der Waals surface area contributed by atoms with Crippen LogP contribution in [0, 0.1) is 5.92 Å². The van der Waals surface area contributed by atoms with E-state index in [1.807, 2.05) is 18.2 Å². The van der Waals surface area contributed by atoms with Crippen molar-refractivity contribution in [2.24, 2.45) is 16.8 Å². The largest absolute Gasteiger partial charge is 0.350 e. The van der Waals surface area contributed by atoms with Crippen molar-refractivity contribution in [3.05, 3.63) is 53.3 Å². The first-order valence-corrected chi connectivity index (χ1v) is 7.52. The lowest BCUT2D eigenvalue weighted by Gasteiger charge is -2.18. The Kier molecular flexibility index (Phi) is 3.96. The zero-order valence-corrected chi connectivity index (χ0v) is 12.6. The molecule has 1 aromatic heterocycles. The summed E-state index contributed by atoms with van der Waals surface area (Å²) < 4.78 is 2.13. The lowest BCUT2D eigenvalue weighted by atomic mass is 9.86. The van der Waals surface area contributed by atoms with Gasteiger partial charge in [-0.2, -0.15) is 5.10 Å². The number of nitrogens with zero attached hydrogens (tertiary/aromatic N) is 2. The number of carbonyl (C=O) groups excluding carboxylic acids is 1. The Hall–Kier alpha value is -2.56. The predicted molar refractivity (Wildman–Crippen MR) is 87.3 cm³/mol. The second-order valence-corrected chi connectivity index (χ2v) is 5.81. The van der Waals surface area contributed by atoms with Crippen molar-refractivity contribution in [2.45, 2.75) is 26.2 Å². The number of nitrogens with one attached hydrogen (secondary N) is 1. The molecule has 0 saturated heterocycles. The molecule has 2 amide bonds. The quantitative estimate of drug-likeness (QED) is 0.663. The summed E-state index contributed by atoms with van der Waals surface area (Å²) in [6.07, 6.45) is 7.20. The lowest BCUT2D eigenvalue weighted by molar-refractivity contribution is 0.249. The Morgan fingerprint density at radius 2 is 2.18 bits per heavy atom. The summed E-state index contributed by atoms with van der Waals surface area (Å²) in [5, 5.41) is 3.96. The number of hydrogen-bond acceptors (Lipinski definition) is 2. The summed E-state index contributed by atoms with van der Waals surface area (Å²) >= 11 is 0. The fraction of sp³-hybridized carbons (Fsp3) is 0.294. The van der Waals surface area contributed by atoms with Gasteiger partial charge >= 0.3 is 6.03 Å². The van der Waals surface area contributed by atoms with E-state index in [1.165, 1.54) is 17.5 Å². The van der Waals surface area contributed by atoms with Gasteiger partial charge in [0, 0.05) is 11.9 Å². The summed E-state index contributed by atoms with van der Waals surface area (Å²) in [4.78, 5) is 10.8. The molecule has 1 aliphatic rings. The first-order chi connectivity index (χ1) is 10.6. The van der Waals surface area contributed by atoms with E-state index in [1.54, 1.807) is 6.21 Å². The van der Waals surface area contributed by atoms with Crippen LogP contribution in [0.3, 0.4) is 0 Å². The highest BCUT2D eigenvalue weighted by Gasteiger charge is 2.22. The number of aryl methyl sites for hydroxylation is 1. The summed E-state index contributed by atoms with van der Waals surface area (Å²) in [6.45, 7) is 2.27. The van der Waals surface area contributed by atoms with Crippen molar-refractivity contribution in [2.75, 3.05) is 0 Å². The van der Waals surface area contributed by atoms with Gasteiger partial charge in [-0.25, -0.2) is 10.2 Å². The smallest absolute Gasteiger partial charge is 0.332 e. The van der Waals surface area contributed by atoms with Gasteiger partial charge in [0.2, 0.25) is 0 Å². The monoisotopic (exact) mass is 296 g/mol. The molecular formula is C17H20N4O. The highest BCUT2D eigenvalue weighted by molar-refractivity contribution is 5.83. The first-order valence-electron chi connectivity index (χ1n) is 7.52. The van der Waals surface area contributed by atoms with Crippen LogP contribution in [0.15, 0.2) is 41.6 Å². The Morgan fingerprint density at radius 3 is 2.91 bits per heavy atom. The molecule has 1 aromatic carbocycles. The summed E-state index contributed by atoms with van der Waals surface area (Å²) in [5.41, 5.74) is 12.1. The fourth-order valence-electron chi connectivity index (χ4n) is 3.02. The third kappa shape index (κ3) is 2.88. The molecule has 1 unspecified atom stereocenters. The second-order valence-electron chi connectivity index (χ2n) is 5.81. The molecule has 1 heterocycles. The topological polar surface area (TPSA) is 72.4 Å². The van der Waals surface area contributed by atoms with Crippen LogP contribution in [0.5, 0.6) is 0 Å². The van der Waals surface area contributed by atoms with Crippen molar-refractivity contribution in [3.8, 4) is 5.69 Å². The predicted octanol–water partition coefficient (Wildman–Crippen LogP) is 2.60. The number of carbonyl (C=O) groups is 1. The van der Waals surface area contributed by atoms with Crippen molar-refractivity contribution in [1.82, 2.24) is 9.99 Å². The number of hydrazone groups is 1. The van der Waals surface area contributed by atoms with E-state index in [0.29, 0.717) is 5.92 Å². The molecule has 2 aromatic rings. The molecule has 3 N–H and O–H groups in total. The number of benzene rings is 1. The molecule has 0 saturated carbocycles. The standard InChI is InChI=1S/C17H20N4O/c1-12-7-8-13-11-21(14-5-3-2-4-6-14)16(15(13)9-12)10-19-20-17(18)22/h2-6,10-12H,7-9H2,1H3,(H3,18,20,22)/b19-10+. The van der Waals surface area contributed by atoms with Gasteiger partial charge in [-0.1, -0.05) is 25.1 Å². The zero-order chi connectivity index (χ0) is 15.5. The molecular weight excluding hydrogens is 276 g/mol. The molecule has 1 aliphatic carbocycles. The Labute approximate surface area is 129 Å². The Bertz CT molecular complexity index is 703. The van der Waals surface area contributed by atoms with Crippen LogP contribution in [-0.2, 0) is 12.8 Å². The van der Waals surface area contributed by atoms with Gasteiger partial charge in [0.15, 0.2) is 0 Å². The maximum Gasteiger partial charge on any atom is 0.332 e. The SMILES string of the molecule is CC1CCc2cn(-c3ccccc3)c(/C=N/NC(N)=O)c2C1. The number of hydrogen-bond donors (Lipinski definition) is 2. The van der Waals surface area contributed by atoms with Crippen LogP contribution >= 0.6 is 0 Å². The Morgan fingerprint density at radius 1 is 1.41 bits per heavy atom. The number of aromatic nitrogens is 1. The average Bonchev–Trinajstić information content (AvgIpc) is 2.86. The van der Waals surface area contributed by atoms with Gasteiger partial charge in [0.25, 0.3) is 0 Å². The number of primary amides is 1. The number of para-hydroxylation sites is 1. The van der Waals surface area contributed by atoms with E-state index in [4.69, 9.17) is 5.73 Å². The molecule has 5 nitrogen and oxygen atoms in total. The van der Waals surface area contributed by atoms with E-state index >= 15 is 0 Å². The number of rotatable bonds is 3. The highest BCUT2D eigenvalue weighted by Crippen LogP contribution is 2.30. The van der Waals surface area contributed by atoms with E-state index in [0.717, 1.165) is 24.2 Å². The van der Waals surface area contributed by atoms with Crippen LogP contribution in [0.4, 0.5) is 4.79 Å². The first kappa shape index (κ1) is 14.4. The minimum atomic E-state index is -0.656. The molecule has 0 aliphatic heterocycles. The molecule has 5 heteroatoms.